The summed E-state index contributed by atoms with van der Waals surface area (Å²) in [7, 11) is 0. The summed E-state index contributed by atoms with van der Waals surface area (Å²) in [6.07, 6.45) is -4.79. The molecule has 0 heterocycles. The molecule has 0 bridgehead atoms. The van der Waals surface area contributed by atoms with Crippen LogP contribution in [0.3, 0.4) is 0 Å². The minimum absolute atomic E-state index is 0.0921. The molecule has 4 aromatic rings. The van der Waals surface area contributed by atoms with Crippen molar-refractivity contribution in [2.45, 2.75) is 43.6 Å². The van der Waals surface area contributed by atoms with Crippen LogP contribution >= 0.6 is 0 Å². The van der Waals surface area contributed by atoms with Crippen LogP contribution in [0.1, 0.15) is 40.2 Å². The summed E-state index contributed by atoms with van der Waals surface area (Å²) in [5, 5.41) is 17.2. The van der Waals surface area contributed by atoms with Gasteiger partial charge in [0.1, 0.15) is 0 Å². The molecule has 0 saturated carbocycles. The van der Waals surface area contributed by atoms with Crippen LogP contribution in [-0.2, 0) is 23.9 Å². The van der Waals surface area contributed by atoms with Crippen molar-refractivity contribution in [2.24, 2.45) is 0 Å². The predicted octanol–water partition coefficient (Wildman–Crippen LogP) is 6.11. The molecule has 0 aliphatic carbocycles. The summed E-state index contributed by atoms with van der Waals surface area (Å²) in [5.41, 5.74) is 2.73. The normalized spacial score (nSPS) is 13.1. The van der Waals surface area contributed by atoms with E-state index < -0.39 is 23.9 Å². The van der Waals surface area contributed by atoms with Crippen molar-refractivity contribution in [2.75, 3.05) is 6.54 Å². The van der Waals surface area contributed by atoms with Crippen molar-refractivity contribution >= 4 is 5.91 Å². The van der Waals surface area contributed by atoms with Crippen LogP contribution < -0.4 is 10.6 Å². The first-order valence-electron chi connectivity index (χ1n) is 13.3. The van der Waals surface area contributed by atoms with E-state index >= 15 is 0 Å². The SMILES string of the molecule is O=C(CC(c1ccccc1)c1ccccc1)N[C@@H](Cc1ccccc1)[C@@H](O)CNCc1cccc(C(F)(F)F)c1. The van der Waals surface area contributed by atoms with E-state index in [0.717, 1.165) is 28.8 Å². The molecule has 0 unspecified atom stereocenters. The van der Waals surface area contributed by atoms with Gasteiger partial charge in [-0.25, -0.2) is 0 Å². The standard InChI is InChI=1S/C33H33F3N2O2/c34-33(35,36)28-18-10-13-25(19-28)22-37-23-31(39)30(20-24-11-4-1-5-12-24)38-32(40)21-29(26-14-6-2-7-15-26)27-16-8-3-9-17-27/h1-19,29-31,37,39H,20-23H2,(H,38,40)/t30-,31-/m0/s1. The summed E-state index contributed by atoms with van der Waals surface area (Å²) in [5.74, 6) is -0.355. The molecule has 2 atom stereocenters. The average Bonchev–Trinajstić information content (AvgIpc) is 2.97. The minimum Gasteiger partial charge on any atom is -0.390 e. The van der Waals surface area contributed by atoms with Crippen LogP contribution in [0.2, 0.25) is 0 Å². The first-order valence-corrected chi connectivity index (χ1v) is 13.3. The molecule has 0 aliphatic rings. The number of hydrogen-bond donors (Lipinski definition) is 3. The van der Waals surface area contributed by atoms with Gasteiger partial charge in [-0.15, -0.1) is 0 Å². The maximum atomic E-state index is 13.4. The number of aliphatic hydroxyl groups is 1. The molecule has 4 aromatic carbocycles. The highest BCUT2D eigenvalue weighted by Crippen LogP contribution is 2.30. The second kappa shape index (κ2) is 13.9. The summed E-state index contributed by atoms with van der Waals surface area (Å²) in [4.78, 5) is 13.4. The van der Waals surface area contributed by atoms with Crippen molar-refractivity contribution in [3.63, 3.8) is 0 Å². The maximum Gasteiger partial charge on any atom is 0.416 e. The molecule has 208 valence electrons. The second-order valence-electron chi connectivity index (χ2n) is 9.84. The van der Waals surface area contributed by atoms with Crippen molar-refractivity contribution in [1.29, 1.82) is 0 Å². The number of benzene rings is 4. The van der Waals surface area contributed by atoms with E-state index in [1.54, 1.807) is 6.07 Å². The molecule has 0 aromatic heterocycles. The Bertz CT molecular complexity index is 1290. The maximum absolute atomic E-state index is 13.4. The lowest BCUT2D eigenvalue weighted by atomic mass is 9.88. The summed E-state index contributed by atoms with van der Waals surface area (Å²) < 4.78 is 39.2. The molecule has 1 amide bonds. The monoisotopic (exact) mass is 546 g/mol. The van der Waals surface area contributed by atoms with E-state index in [1.165, 1.54) is 6.07 Å². The van der Waals surface area contributed by atoms with Gasteiger partial charge in [0.15, 0.2) is 0 Å². The van der Waals surface area contributed by atoms with Crippen LogP contribution in [-0.4, -0.2) is 29.7 Å². The summed E-state index contributed by atoms with van der Waals surface area (Å²) in [6, 6.07) is 33.7. The molecule has 40 heavy (non-hydrogen) atoms. The molecule has 7 heteroatoms. The van der Waals surface area contributed by atoms with Crippen LogP contribution in [0.25, 0.3) is 0 Å². The van der Waals surface area contributed by atoms with Crippen LogP contribution in [0, 0.1) is 0 Å². The summed E-state index contributed by atoms with van der Waals surface area (Å²) >= 11 is 0. The molecule has 4 nitrogen and oxygen atoms in total. The lowest BCUT2D eigenvalue weighted by Gasteiger charge is -2.26. The van der Waals surface area contributed by atoms with Gasteiger partial charge in [0.05, 0.1) is 17.7 Å². The molecule has 0 saturated heterocycles. The van der Waals surface area contributed by atoms with Crippen molar-refractivity contribution in [3.05, 3.63) is 143 Å². The second-order valence-corrected chi connectivity index (χ2v) is 9.84. The lowest BCUT2D eigenvalue weighted by molar-refractivity contribution is -0.137. The number of carbonyl (C=O) groups excluding carboxylic acids is 1. The Hall–Kier alpha value is -3.94. The van der Waals surface area contributed by atoms with E-state index in [1.807, 2.05) is 91.0 Å². The van der Waals surface area contributed by atoms with E-state index in [4.69, 9.17) is 0 Å². The Labute approximate surface area is 232 Å². The number of rotatable bonds is 12. The van der Waals surface area contributed by atoms with Crippen LogP contribution in [0.5, 0.6) is 0 Å². The third-order valence-corrected chi connectivity index (χ3v) is 6.84. The molecule has 0 spiro atoms. The first-order chi connectivity index (χ1) is 19.3. The first kappa shape index (κ1) is 29.1. The molecule has 3 N–H and O–H groups in total. The van der Waals surface area contributed by atoms with Gasteiger partial charge in [-0.1, -0.05) is 109 Å². The minimum atomic E-state index is -4.42. The summed E-state index contributed by atoms with van der Waals surface area (Å²) in [6.45, 7) is 0.242. The topological polar surface area (TPSA) is 61.4 Å². The third kappa shape index (κ3) is 8.53. The lowest BCUT2D eigenvalue weighted by Crippen LogP contribution is -2.49. The molecule has 0 fully saturated rings. The number of nitrogens with one attached hydrogen (secondary N) is 2. The van der Waals surface area contributed by atoms with Gasteiger partial charge >= 0.3 is 6.18 Å². The van der Waals surface area contributed by atoms with Gasteiger partial charge < -0.3 is 15.7 Å². The van der Waals surface area contributed by atoms with E-state index in [-0.39, 0.29) is 31.3 Å². The Morgan fingerprint density at radius 2 is 1.30 bits per heavy atom. The highest BCUT2D eigenvalue weighted by atomic mass is 19.4. The third-order valence-electron chi connectivity index (χ3n) is 6.84. The molecular formula is C33H33F3N2O2. The van der Waals surface area contributed by atoms with Gasteiger partial charge in [0.2, 0.25) is 5.91 Å². The van der Waals surface area contributed by atoms with Gasteiger partial charge in [-0.3, -0.25) is 4.79 Å². The van der Waals surface area contributed by atoms with E-state index in [0.29, 0.717) is 12.0 Å². The van der Waals surface area contributed by atoms with Crippen molar-refractivity contribution in [3.8, 4) is 0 Å². The zero-order valence-electron chi connectivity index (χ0n) is 22.0. The molecule has 0 aliphatic heterocycles. The fourth-order valence-corrected chi connectivity index (χ4v) is 4.77. The molecule has 4 rings (SSSR count). The van der Waals surface area contributed by atoms with Gasteiger partial charge in [0.25, 0.3) is 0 Å². The fraction of sp³-hybridized carbons (Fsp3) is 0.242. The smallest absolute Gasteiger partial charge is 0.390 e. The van der Waals surface area contributed by atoms with E-state index in [2.05, 4.69) is 10.6 Å². The Morgan fingerprint density at radius 1 is 0.750 bits per heavy atom. The average molecular weight is 547 g/mol. The van der Waals surface area contributed by atoms with Gasteiger partial charge in [-0.05, 0) is 34.7 Å². The Morgan fingerprint density at radius 3 is 1.88 bits per heavy atom. The van der Waals surface area contributed by atoms with Gasteiger partial charge in [0, 0.05) is 25.4 Å². The number of hydrogen-bond acceptors (Lipinski definition) is 3. The Kier molecular flexibility index (Phi) is 10.1. The van der Waals surface area contributed by atoms with Crippen LogP contribution in [0.15, 0.2) is 115 Å². The molecular weight excluding hydrogens is 513 g/mol. The quantitative estimate of drug-likeness (QED) is 0.201. The number of aliphatic hydroxyl groups excluding tert-OH is 1. The number of amides is 1. The van der Waals surface area contributed by atoms with Crippen LogP contribution in [0.4, 0.5) is 13.2 Å². The zero-order valence-corrected chi connectivity index (χ0v) is 22.0. The highest BCUT2D eigenvalue weighted by molar-refractivity contribution is 5.78. The van der Waals surface area contributed by atoms with Gasteiger partial charge in [-0.2, -0.15) is 13.2 Å². The number of halogens is 3. The zero-order chi connectivity index (χ0) is 28.4. The Balaban J connectivity index is 1.44. The molecule has 0 radical (unpaired) electrons. The predicted molar refractivity (Wildman–Crippen MR) is 151 cm³/mol. The fourth-order valence-electron chi connectivity index (χ4n) is 4.77. The number of alkyl halides is 3. The van der Waals surface area contributed by atoms with Crippen molar-refractivity contribution < 1.29 is 23.1 Å². The van der Waals surface area contributed by atoms with E-state index in [9.17, 15) is 23.1 Å². The largest absolute Gasteiger partial charge is 0.416 e. The highest BCUT2D eigenvalue weighted by Gasteiger charge is 2.30. The van der Waals surface area contributed by atoms with Crippen molar-refractivity contribution in [1.82, 2.24) is 10.6 Å². The number of carbonyl (C=O) groups is 1.